The molecular formula is C13H12N2O6. The lowest BCUT2D eigenvalue weighted by Crippen LogP contribution is -2.29. The van der Waals surface area contributed by atoms with Gasteiger partial charge >= 0.3 is 5.97 Å². The fourth-order valence-electron chi connectivity index (χ4n) is 1.66. The van der Waals surface area contributed by atoms with Gasteiger partial charge in [-0.05, 0) is 0 Å². The lowest BCUT2D eigenvalue weighted by Gasteiger charge is -2.10. The number of carboxylic acid groups (broad SMARTS) is 1. The first-order valence-electron chi connectivity index (χ1n) is 6.05. The van der Waals surface area contributed by atoms with E-state index in [1.54, 1.807) is 0 Å². The topological polar surface area (TPSA) is 118 Å². The van der Waals surface area contributed by atoms with Gasteiger partial charge in [-0.3, -0.25) is 4.79 Å². The van der Waals surface area contributed by atoms with Gasteiger partial charge in [0, 0.05) is 18.7 Å². The Balaban J connectivity index is 2.04. The zero-order valence-corrected chi connectivity index (χ0v) is 10.9. The van der Waals surface area contributed by atoms with Crippen LogP contribution in [0.1, 0.15) is 16.8 Å². The molecule has 1 aromatic carbocycles. The number of hydrogen-bond donors (Lipinski definition) is 2. The minimum atomic E-state index is -1.20. The third kappa shape index (κ3) is 3.54. The molecule has 0 saturated heterocycles. The highest BCUT2D eigenvalue weighted by atomic mass is 16.7. The standard InChI is InChI=1S/C13H12N2O6/c14-2-1-3-15-12(16)6-19-9-5-11-10(20-7-21-11)4-8(9)13(17)18/h4-5H,1,3,6-7H2,(H,15,16)(H,17,18). The summed E-state index contributed by atoms with van der Waals surface area (Å²) in [5.74, 6) is -0.951. The number of rotatable bonds is 6. The Morgan fingerprint density at radius 1 is 1.38 bits per heavy atom. The van der Waals surface area contributed by atoms with Crippen molar-refractivity contribution in [3.05, 3.63) is 17.7 Å². The lowest BCUT2D eigenvalue weighted by molar-refractivity contribution is -0.123. The SMILES string of the molecule is N#CCCNC(=O)COc1cc2c(cc1C(=O)O)OCO2. The molecule has 110 valence electrons. The van der Waals surface area contributed by atoms with Gasteiger partial charge in [-0.2, -0.15) is 5.26 Å². The number of nitriles is 1. The predicted molar refractivity (Wildman–Crippen MR) is 68.3 cm³/mol. The van der Waals surface area contributed by atoms with Crippen LogP contribution in [-0.2, 0) is 4.79 Å². The Morgan fingerprint density at radius 2 is 2.10 bits per heavy atom. The molecule has 0 aromatic heterocycles. The van der Waals surface area contributed by atoms with Crippen molar-refractivity contribution >= 4 is 11.9 Å². The van der Waals surface area contributed by atoms with Gasteiger partial charge in [-0.15, -0.1) is 0 Å². The van der Waals surface area contributed by atoms with Crippen LogP contribution in [0.25, 0.3) is 0 Å². The summed E-state index contributed by atoms with van der Waals surface area (Å²) in [4.78, 5) is 22.6. The van der Waals surface area contributed by atoms with Gasteiger partial charge in [-0.25, -0.2) is 4.79 Å². The lowest BCUT2D eigenvalue weighted by atomic mass is 10.2. The van der Waals surface area contributed by atoms with E-state index >= 15 is 0 Å². The summed E-state index contributed by atoms with van der Waals surface area (Å²) in [5.41, 5.74) is -0.121. The summed E-state index contributed by atoms with van der Waals surface area (Å²) in [6, 6.07) is 4.54. The molecule has 2 N–H and O–H groups in total. The van der Waals surface area contributed by atoms with Gasteiger partial charge in [0.15, 0.2) is 18.1 Å². The van der Waals surface area contributed by atoms with E-state index in [-0.39, 0.29) is 37.7 Å². The molecule has 1 amide bonds. The molecule has 1 aromatic rings. The van der Waals surface area contributed by atoms with Crippen molar-refractivity contribution < 1.29 is 28.9 Å². The molecule has 1 aliphatic heterocycles. The van der Waals surface area contributed by atoms with Crippen molar-refractivity contribution in [1.29, 1.82) is 5.26 Å². The second kappa shape index (κ2) is 6.47. The average molecular weight is 292 g/mol. The molecule has 2 rings (SSSR count). The molecular weight excluding hydrogens is 280 g/mol. The van der Waals surface area contributed by atoms with Crippen LogP contribution in [0.3, 0.4) is 0 Å². The minimum absolute atomic E-state index is 0.00644. The Morgan fingerprint density at radius 3 is 2.76 bits per heavy atom. The Kier molecular flexibility index (Phi) is 4.46. The molecule has 0 spiro atoms. The van der Waals surface area contributed by atoms with Crippen LogP contribution >= 0.6 is 0 Å². The monoisotopic (exact) mass is 292 g/mol. The molecule has 0 atom stereocenters. The number of fused-ring (bicyclic) bond motifs is 1. The highest BCUT2D eigenvalue weighted by Crippen LogP contribution is 2.38. The van der Waals surface area contributed by atoms with Crippen LogP contribution in [0.15, 0.2) is 12.1 Å². The third-order valence-corrected chi connectivity index (χ3v) is 2.62. The number of carboxylic acids is 1. The average Bonchev–Trinajstić information content (AvgIpc) is 2.91. The van der Waals surface area contributed by atoms with Gasteiger partial charge in [0.25, 0.3) is 5.91 Å². The first-order valence-corrected chi connectivity index (χ1v) is 6.05. The van der Waals surface area contributed by atoms with E-state index in [9.17, 15) is 9.59 Å². The number of amides is 1. The van der Waals surface area contributed by atoms with Crippen molar-refractivity contribution in [2.75, 3.05) is 19.9 Å². The van der Waals surface area contributed by atoms with Crippen molar-refractivity contribution in [2.45, 2.75) is 6.42 Å². The highest BCUT2D eigenvalue weighted by Gasteiger charge is 2.22. The van der Waals surface area contributed by atoms with Gasteiger partial charge < -0.3 is 24.6 Å². The summed E-state index contributed by atoms with van der Waals surface area (Å²) in [6.07, 6.45) is 0.191. The number of hydrogen-bond acceptors (Lipinski definition) is 6. The number of benzene rings is 1. The van der Waals surface area contributed by atoms with Gasteiger partial charge in [0.1, 0.15) is 11.3 Å². The van der Waals surface area contributed by atoms with E-state index in [1.807, 2.05) is 6.07 Å². The number of carbonyl (C=O) groups is 2. The number of ether oxygens (including phenoxy) is 3. The molecule has 8 nitrogen and oxygen atoms in total. The van der Waals surface area contributed by atoms with Crippen LogP contribution in [0.5, 0.6) is 17.2 Å². The largest absolute Gasteiger partial charge is 0.483 e. The quantitative estimate of drug-likeness (QED) is 0.734. The van der Waals surface area contributed by atoms with Crippen LogP contribution in [-0.4, -0.2) is 36.9 Å². The van der Waals surface area contributed by atoms with Crippen molar-refractivity contribution in [1.82, 2.24) is 5.32 Å². The maximum absolute atomic E-state index is 11.5. The highest BCUT2D eigenvalue weighted by molar-refractivity contribution is 5.92. The zero-order valence-electron chi connectivity index (χ0n) is 10.9. The maximum atomic E-state index is 11.5. The minimum Gasteiger partial charge on any atom is -0.483 e. The van der Waals surface area contributed by atoms with Crippen LogP contribution in [0.4, 0.5) is 0 Å². The third-order valence-electron chi connectivity index (χ3n) is 2.62. The van der Waals surface area contributed by atoms with Crippen LogP contribution in [0.2, 0.25) is 0 Å². The maximum Gasteiger partial charge on any atom is 0.339 e. The van der Waals surface area contributed by atoms with Crippen molar-refractivity contribution in [2.24, 2.45) is 0 Å². The van der Waals surface area contributed by atoms with Crippen LogP contribution < -0.4 is 19.5 Å². The molecule has 0 bridgehead atoms. The zero-order chi connectivity index (χ0) is 15.2. The van der Waals surface area contributed by atoms with E-state index < -0.39 is 11.9 Å². The first kappa shape index (κ1) is 14.5. The van der Waals surface area contributed by atoms with Crippen molar-refractivity contribution in [3.8, 4) is 23.3 Å². The fraction of sp³-hybridized carbons (Fsp3) is 0.308. The normalized spacial score (nSPS) is 11.6. The van der Waals surface area contributed by atoms with E-state index in [4.69, 9.17) is 24.6 Å². The fourth-order valence-corrected chi connectivity index (χ4v) is 1.66. The van der Waals surface area contributed by atoms with Gasteiger partial charge in [0.05, 0.1) is 12.5 Å². The van der Waals surface area contributed by atoms with Gasteiger partial charge in [-0.1, -0.05) is 0 Å². The van der Waals surface area contributed by atoms with E-state index in [1.165, 1.54) is 12.1 Å². The summed E-state index contributed by atoms with van der Waals surface area (Å²) in [6.45, 7) is -0.135. The number of nitrogens with one attached hydrogen (secondary N) is 1. The van der Waals surface area contributed by atoms with E-state index in [2.05, 4.69) is 5.32 Å². The molecule has 0 radical (unpaired) electrons. The number of nitrogens with zero attached hydrogens (tertiary/aromatic N) is 1. The summed E-state index contributed by atoms with van der Waals surface area (Å²) >= 11 is 0. The molecule has 1 aliphatic rings. The molecule has 0 saturated carbocycles. The van der Waals surface area contributed by atoms with Crippen LogP contribution in [0, 0.1) is 11.3 Å². The molecule has 0 fully saturated rings. The van der Waals surface area contributed by atoms with E-state index in [0.717, 1.165) is 0 Å². The Bertz CT molecular complexity index is 607. The van der Waals surface area contributed by atoms with E-state index in [0.29, 0.717) is 11.5 Å². The Hall–Kier alpha value is -2.95. The molecule has 0 aliphatic carbocycles. The molecule has 0 unspecified atom stereocenters. The molecule has 8 heteroatoms. The van der Waals surface area contributed by atoms with Crippen molar-refractivity contribution in [3.63, 3.8) is 0 Å². The molecule has 21 heavy (non-hydrogen) atoms. The summed E-state index contributed by atoms with van der Waals surface area (Å²) in [5, 5.41) is 19.9. The number of carbonyl (C=O) groups excluding carboxylic acids is 1. The number of aromatic carboxylic acids is 1. The Labute approximate surface area is 119 Å². The predicted octanol–water partition coefficient (Wildman–Crippen LogP) is 0.522. The second-order valence-corrected chi connectivity index (χ2v) is 4.05. The smallest absolute Gasteiger partial charge is 0.339 e. The molecule has 1 heterocycles. The first-order chi connectivity index (χ1) is 10.1. The second-order valence-electron chi connectivity index (χ2n) is 4.05. The van der Waals surface area contributed by atoms with Gasteiger partial charge in [0.2, 0.25) is 6.79 Å². The summed E-state index contributed by atoms with van der Waals surface area (Å²) in [7, 11) is 0. The summed E-state index contributed by atoms with van der Waals surface area (Å²) < 4.78 is 15.4.